The Kier molecular flexibility index (Phi) is 7.19. The number of nitrogens with zero attached hydrogens (tertiary/aromatic N) is 1. The van der Waals surface area contributed by atoms with Gasteiger partial charge in [0, 0.05) is 42.7 Å². The number of nitrogens with one attached hydrogen (secondary N) is 1. The van der Waals surface area contributed by atoms with Gasteiger partial charge in [-0.1, -0.05) is 12.1 Å². The van der Waals surface area contributed by atoms with E-state index in [2.05, 4.69) is 10.2 Å². The number of rotatable bonds is 8. The van der Waals surface area contributed by atoms with Crippen LogP contribution < -0.4 is 15.7 Å². The molecule has 1 aliphatic heterocycles. The number of aryl methyl sites for hydroxylation is 1. The van der Waals surface area contributed by atoms with Crippen molar-refractivity contribution in [1.82, 2.24) is 10.2 Å². The van der Waals surface area contributed by atoms with Gasteiger partial charge in [0.05, 0.1) is 13.2 Å². The van der Waals surface area contributed by atoms with Gasteiger partial charge in [-0.25, -0.2) is 4.79 Å². The molecule has 0 spiro atoms. The van der Waals surface area contributed by atoms with Gasteiger partial charge in [0.15, 0.2) is 0 Å². The third-order valence-corrected chi connectivity index (χ3v) is 5.58. The lowest BCUT2D eigenvalue weighted by atomic mass is 10.1. The van der Waals surface area contributed by atoms with Crippen molar-refractivity contribution in [2.24, 2.45) is 0 Å². The highest BCUT2D eigenvalue weighted by atomic mass is 16.5. The normalized spacial score (nSPS) is 14.4. The Hall–Kier alpha value is -3.16. The number of benzene rings is 2. The Morgan fingerprint density at radius 2 is 1.88 bits per heavy atom. The van der Waals surface area contributed by atoms with E-state index < -0.39 is 0 Å². The molecule has 7 heteroatoms. The highest BCUT2D eigenvalue weighted by Crippen LogP contribution is 2.23. The first-order chi connectivity index (χ1) is 15.6. The zero-order valence-corrected chi connectivity index (χ0v) is 18.3. The molecule has 1 aliphatic rings. The van der Waals surface area contributed by atoms with Crippen molar-refractivity contribution in [3.05, 3.63) is 75.6 Å². The summed E-state index contributed by atoms with van der Waals surface area (Å²) >= 11 is 0. The second-order valence-electron chi connectivity index (χ2n) is 7.96. The maximum absolute atomic E-state index is 12.4. The van der Waals surface area contributed by atoms with E-state index in [0.717, 1.165) is 55.8 Å². The Labute approximate surface area is 186 Å². The summed E-state index contributed by atoms with van der Waals surface area (Å²) in [6.07, 6.45) is 0.920. The Morgan fingerprint density at radius 1 is 1.09 bits per heavy atom. The third-order valence-electron chi connectivity index (χ3n) is 5.58. The first-order valence-electron chi connectivity index (χ1n) is 10.9. The highest BCUT2D eigenvalue weighted by molar-refractivity contribution is 5.94. The van der Waals surface area contributed by atoms with Crippen LogP contribution in [0.1, 0.15) is 27.9 Å². The van der Waals surface area contributed by atoms with Gasteiger partial charge in [0.2, 0.25) is 0 Å². The van der Waals surface area contributed by atoms with E-state index in [1.54, 1.807) is 18.2 Å². The molecular formula is C25H28N2O5. The van der Waals surface area contributed by atoms with E-state index in [4.69, 9.17) is 13.9 Å². The van der Waals surface area contributed by atoms with Crippen LogP contribution in [0.5, 0.6) is 5.75 Å². The standard InChI is InChI=1S/C25H28N2O5/c1-18-15-24(28)32-23-16-21(7-8-22(18)23)31-17-19-3-5-20(6-4-19)25(29)26-9-2-10-27-11-13-30-14-12-27/h3-8,15-16H,2,9-14,17H2,1H3,(H,26,29). The average molecular weight is 437 g/mol. The first-order valence-corrected chi connectivity index (χ1v) is 10.9. The van der Waals surface area contributed by atoms with Gasteiger partial charge < -0.3 is 19.2 Å². The second-order valence-corrected chi connectivity index (χ2v) is 7.96. The number of carbonyl (C=O) groups is 1. The molecule has 1 N–H and O–H groups in total. The molecule has 1 fully saturated rings. The quantitative estimate of drug-likeness (QED) is 0.432. The van der Waals surface area contributed by atoms with Gasteiger partial charge in [-0.05, 0) is 55.3 Å². The molecular weight excluding hydrogens is 408 g/mol. The van der Waals surface area contributed by atoms with Crippen molar-refractivity contribution in [2.75, 3.05) is 39.4 Å². The minimum absolute atomic E-state index is 0.0700. The van der Waals surface area contributed by atoms with E-state index in [-0.39, 0.29) is 11.5 Å². The van der Waals surface area contributed by atoms with Gasteiger partial charge in [-0.3, -0.25) is 9.69 Å². The molecule has 3 aromatic rings. The fourth-order valence-electron chi connectivity index (χ4n) is 3.75. The van der Waals surface area contributed by atoms with E-state index in [0.29, 0.717) is 30.0 Å². The summed E-state index contributed by atoms with van der Waals surface area (Å²) in [6.45, 7) is 7.36. The molecule has 0 atom stereocenters. The number of hydrogen-bond donors (Lipinski definition) is 1. The zero-order valence-electron chi connectivity index (χ0n) is 18.3. The summed E-state index contributed by atoms with van der Waals surface area (Å²) in [5.41, 5.74) is 2.58. The molecule has 4 rings (SSSR count). The second kappa shape index (κ2) is 10.4. The topological polar surface area (TPSA) is 81.0 Å². The number of morpholine rings is 1. The number of hydrogen-bond acceptors (Lipinski definition) is 6. The average Bonchev–Trinajstić information content (AvgIpc) is 2.81. The van der Waals surface area contributed by atoms with Gasteiger partial charge in [-0.2, -0.15) is 0 Å². The Bertz CT molecular complexity index is 1120. The fraction of sp³-hybridized carbons (Fsp3) is 0.360. The number of carbonyl (C=O) groups excluding carboxylic acids is 1. The molecule has 2 heterocycles. The van der Waals surface area contributed by atoms with Crippen LogP contribution >= 0.6 is 0 Å². The zero-order chi connectivity index (χ0) is 22.3. The Morgan fingerprint density at radius 3 is 2.66 bits per heavy atom. The molecule has 0 bridgehead atoms. The predicted molar refractivity (Wildman–Crippen MR) is 122 cm³/mol. The van der Waals surface area contributed by atoms with Crippen LogP contribution in [0.2, 0.25) is 0 Å². The van der Waals surface area contributed by atoms with Crippen LogP contribution in [0.3, 0.4) is 0 Å². The van der Waals surface area contributed by atoms with Crippen LogP contribution in [0.15, 0.2) is 57.7 Å². The minimum atomic E-state index is -0.373. The van der Waals surface area contributed by atoms with E-state index in [9.17, 15) is 9.59 Å². The summed E-state index contributed by atoms with van der Waals surface area (Å²) in [4.78, 5) is 26.3. The maximum Gasteiger partial charge on any atom is 0.336 e. The van der Waals surface area contributed by atoms with E-state index >= 15 is 0 Å². The van der Waals surface area contributed by atoms with Gasteiger partial charge >= 0.3 is 5.63 Å². The summed E-state index contributed by atoms with van der Waals surface area (Å²) in [5, 5.41) is 3.86. The van der Waals surface area contributed by atoms with E-state index in [1.165, 1.54) is 6.07 Å². The van der Waals surface area contributed by atoms with Crippen LogP contribution in [0.25, 0.3) is 11.0 Å². The monoisotopic (exact) mass is 436 g/mol. The molecule has 168 valence electrons. The third kappa shape index (κ3) is 5.75. The summed E-state index contributed by atoms with van der Waals surface area (Å²) in [6, 6.07) is 14.3. The fourth-order valence-corrected chi connectivity index (χ4v) is 3.75. The molecule has 7 nitrogen and oxygen atoms in total. The molecule has 1 amide bonds. The van der Waals surface area contributed by atoms with Gasteiger partial charge in [-0.15, -0.1) is 0 Å². The molecule has 0 aliphatic carbocycles. The van der Waals surface area contributed by atoms with Gasteiger partial charge in [0.25, 0.3) is 5.91 Å². The number of amides is 1. The van der Waals surface area contributed by atoms with Crippen molar-refractivity contribution in [3.8, 4) is 5.75 Å². The summed E-state index contributed by atoms with van der Waals surface area (Å²) in [7, 11) is 0. The summed E-state index contributed by atoms with van der Waals surface area (Å²) < 4.78 is 16.4. The lowest BCUT2D eigenvalue weighted by Crippen LogP contribution is -2.38. The van der Waals surface area contributed by atoms with Crippen molar-refractivity contribution < 1.29 is 18.7 Å². The molecule has 32 heavy (non-hydrogen) atoms. The highest BCUT2D eigenvalue weighted by Gasteiger charge is 2.10. The lowest BCUT2D eigenvalue weighted by molar-refractivity contribution is 0.0374. The van der Waals surface area contributed by atoms with Crippen molar-refractivity contribution in [2.45, 2.75) is 20.0 Å². The molecule has 0 radical (unpaired) electrons. The summed E-state index contributed by atoms with van der Waals surface area (Å²) in [5.74, 6) is 0.549. The van der Waals surface area contributed by atoms with Crippen molar-refractivity contribution in [3.63, 3.8) is 0 Å². The lowest BCUT2D eigenvalue weighted by Gasteiger charge is -2.26. The van der Waals surface area contributed by atoms with Crippen molar-refractivity contribution >= 4 is 16.9 Å². The first kappa shape index (κ1) is 22.0. The number of fused-ring (bicyclic) bond motifs is 1. The van der Waals surface area contributed by atoms with Crippen LogP contribution in [0, 0.1) is 6.92 Å². The van der Waals surface area contributed by atoms with Crippen LogP contribution in [-0.2, 0) is 11.3 Å². The molecule has 1 saturated heterocycles. The molecule has 0 unspecified atom stereocenters. The SMILES string of the molecule is Cc1cc(=O)oc2cc(OCc3ccc(C(=O)NCCCN4CCOCC4)cc3)ccc12. The Balaban J connectivity index is 1.25. The largest absolute Gasteiger partial charge is 0.489 e. The van der Waals surface area contributed by atoms with Crippen molar-refractivity contribution in [1.29, 1.82) is 0 Å². The number of ether oxygens (including phenoxy) is 2. The molecule has 1 aromatic heterocycles. The molecule has 0 saturated carbocycles. The van der Waals surface area contributed by atoms with Crippen LogP contribution in [0.4, 0.5) is 0 Å². The predicted octanol–water partition coefficient (Wildman–Crippen LogP) is 3.13. The van der Waals surface area contributed by atoms with E-state index in [1.807, 2.05) is 31.2 Å². The maximum atomic E-state index is 12.4. The minimum Gasteiger partial charge on any atom is -0.489 e. The van der Waals surface area contributed by atoms with Crippen LogP contribution in [-0.4, -0.2) is 50.2 Å². The smallest absolute Gasteiger partial charge is 0.336 e. The molecule has 2 aromatic carbocycles. The van der Waals surface area contributed by atoms with Gasteiger partial charge in [0.1, 0.15) is 17.9 Å².